The Balaban J connectivity index is 0.000000396. The van der Waals surface area contributed by atoms with E-state index in [2.05, 4.69) is 0 Å². The second-order valence-electron chi connectivity index (χ2n) is 2.93. The molecule has 0 radical (unpaired) electrons. The molecule has 0 fully saturated rings. The summed E-state index contributed by atoms with van der Waals surface area (Å²) in [7, 11) is 1.00. The molecule has 0 atom stereocenters. The van der Waals surface area contributed by atoms with Crippen molar-refractivity contribution in [1.29, 1.82) is 0 Å². The summed E-state index contributed by atoms with van der Waals surface area (Å²) in [6, 6.07) is 7.91. The van der Waals surface area contributed by atoms with Crippen molar-refractivity contribution in [2.75, 3.05) is 7.11 Å². The van der Waals surface area contributed by atoms with Crippen LogP contribution < -0.4 is 0 Å². The highest BCUT2D eigenvalue weighted by atomic mass is 16.2. The fourth-order valence-electron chi connectivity index (χ4n) is 1.58. The van der Waals surface area contributed by atoms with Crippen LogP contribution in [-0.2, 0) is 6.42 Å². The summed E-state index contributed by atoms with van der Waals surface area (Å²) in [6.45, 7) is 0. The number of rotatable bonds is 0. The number of ketones is 1. The van der Waals surface area contributed by atoms with Crippen LogP contribution in [0.4, 0.5) is 0 Å². The molecule has 0 saturated carbocycles. The number of carbonyl (C=O) groups is 1. The van der Waals surface area contributed by atoms with Gasteiger partial charge in [-0.3, -0.25) is 4.79 Å². The third kappa shape index (κ3) is 2.16. The Morgan fingerprint density at radius 3 is 2.54 bits per heavy atom. The van der Waals surface area contributed by atoms with Crippen molar-refractivity contribution < 1.29 is 9.90 Å². The van der Waals surface area contributed by atoms with Gasteiger partial charge in [-0.15, -0.1) is 0 Å². The van der Waals surface area contributed by atoms with Crippen LogP contribution in [0.15, 0.2) is 24.3 Å². The molecule has 0 saturated heterocycles. The van der Waals surface area contributed by atoms with Gasteiger partial charge in [0.1, 0.15) is 0 Å². The Bertz CT molecular complexity index is 292. The van der Waals surface area contributed by atoms with Crippen LogP contribution in [0.3, 0.4) is 0 Å². The molecule has 2 nitrogen and oxygen atoms in total. The Hall–Kier alpha value is -1.15. The Labute approximate surface area is 78.2 Å². The maximum atomic E-state index is 11.3. The van der Waals surface area contributed by atoms with E-state index >= 15 is 0 Å². The van der Waals surface area contributed by atoms with Gasteiger partial charge < -0.3 is 5.11 Å². The normalized spacial score (nSPS) is 14.2. The molecule has 0 amide bonds. The summed E-state index contributed by atoms with van der Waals surface area (Å²) < 4.78 is 0. The first-order valence-electron chi connectivity index (χ1n) is 4.44. The highest BCUT2D eigenvalue weighted by molar-refractivity contribution is 5.98. The second-order valence-corrected chi connectivity index (χ2v) is 2.93. The summed E-state index contributed by atoms with van der Waals surface area (Å²) in [5.41, 5.74) is 2.17. The van der Waals surface area contributed by atoms with E-state index in [0.29, 0.717) is 5.78 Å². The number of aliphatic hydroxyl groups excluding tert-OH is 1. The average molecular weight is 178 g/mol. The lowest BCUT2D eigenvalue weighted by molar-refractivity contribution is 0.0972. The van der Waals surface area contributed by atoms with Crippen molar-refractivity contribution in [2.24, 2.45) is 0 Å². The van der Waals surface area contributed by atoms with E-state index in [-0.39, 0.29) is 0 Å². The minimum absolute atomic E-state index is 0.312. The Morgan fingerprint density at radius 2 is 1.85 bits per heavy atom. The van der Waals surface area contributed by atoms with Crippen molar-refractivity contribution in [3.63, 3.8) is 0 Å². The average Bonchev–Trinajstić information content (AvgIpc) is 2.22. The molecule has 1 N–H and O–H groups in total. The number of Topliss-reactive ketones (excluding diaryl/α,β-unsaturated/α-hetero) is 1. The van der Waals surface area contributed by atoms with Crippen molar-refractivity contribution >= 4 is 5.78 Å². The molecule has 2 heteroatoms. The van der Waals surface area contributed by atoms with Gasteiger partial charge in [0.15, 0.2) is 5.78 Å². The predicted molar refractivity (Wildman–Crippen MR) is 51.9 cm³/mol. The SMILES string of the molecule is CO.O=C1CCCc2ccccc21. The van der Waals surface area contributed by atoms with Crippen LogP contribution in [0.25, 0.3) is 0 Å². The first kappa shape index (κ1) is 9.93. The standard InChI is InChI=1S/C10H10O.CH4O/c11-10-7-3-5-8-4-1-2-6-9(8)10;1-2/h1-2,4,6H,3,5,7H2;2H,1H3. The van der Waals surface area contributed by atoms with E-state index in [1.165, 1.54) is 5.56 Å². The third-order valence-electron chi connectivity index (χ3n) is 2.17. The first-order chi connectivity index (χ1) is 6.38. The smallest absolute Gasteiger partial charge is 0.163 e. The molecule has 13 heavy (non-hydrogen) atoms. The number of aryl methyl sites for hydroxylation is 1. The number of benzene rings is 1. The van der Waals surface area contributed by atoms with E-state index in [9.17, 15) is 4.79 Å². The molecule has 1 aliphatic rings. The maximum Gasteiger partial charge on any atom is 0.163 e. The van der Waals surface area contributed by atoms with Gasteiger partial charge in [0.05, 0.1) is 0 Å². The number of hydrogen-bond acceptors (Lipinski definition) is 2. The maximum absolute atomic E-state index is 11.3. The van der Waals surface area contributed by atoms with Gasteiger partial charge in [0.25, 0.3) is 0 Å². The lowest BCUT2D eigenvalue weighted by Crippen LogP contribution is -2.09. The molecule has 0 aromatic heterocycles. The summed E-state index contributed by atoms with van der Waals surface area (Å²) in [4.78, 5) is 11.3. The van der Waals surface area contributed by atoms with Gasteiger partial charge in [-0.1, -0.05) is 24.3 Å². The van der Waals surface area contributed by atoms with Crippen LogP contribution in [0.2, 0.25) is 0 Å². The summed E-state index contributed by atoms with van der Waals surface area (Å²) >= 11 is 0. The van der Waals surface area contributed by atoms with Gasteiger partial charge in [0, 0.05) is 19.1 Å². The molecule has 70 valence electrons. The van der Waals surface area contributed by atoms with E-state index < -0.39 is 0 Å². The molecule has 0 aliphatic heterocycles. The summed E-state index contributed by atoms with van der Waals surface area (Å²) in [6.07, 6.45) is 2.83. The van der Waals surface area contributed by atoms with E-state index in [0.717, 1.165) is 31.9 Å². The molecule has 1 aromatic rings. The predicted octanol–water partition coefficient (Wildman–Crippen LogP) is 1.81. The van der Waals surface area contributed by atoms with Gasteiger partial charge in [-0.25, -0.2) is 0 Å². The lowest BCUT2D eigenvalue weighted by Gasteiger charge is -2.12. The van der Waals surface area contributed by atoms with Crippen molar-refractivity contribution in [1.82, 2.24) is 0 Å². The lowest BCUT2D eigenvalue weighted by atomic mass is 9.91. The zero-order valence-corrected chi connectivity index (χ0v) is 7.79. The number of fused-ring (bicyclic) bond motifs is 1. The summed E-state index contributed by atoms with van der Waals surface area (Å²) in [5.74, 6) is 0.312. The van der Waals surface area contributed by atoms with Crippen LogP contribution in [0, 0.1) is 0 Å². The van der Waals surface area contributed by atoms with Gasteiger partial charge >= 0.3 is 0 Å². The van der Waals surface area contributed by atoms with Crippen molar-refractivity contribution in [3.05, 3.63) is 35.4 Å². The zero-order chi connectivity index (χ0) is 9.68. The van der Waals surface area contributed by atoms with E-state index in [1.54, 1.807) is 0 Å². The fourth-order valence-corrected chi connectivity index (χ4v) is 1.58. The van der Waals surface area contributed by atoms with Crippen LogP contribution in [0.5, 0.6) is 0 Å². The highest BCUT2D eigenvalue weighted by Gasteiger charge is 2.14. The monoisotopic (exact) mass is 178 g/mol. The van der Waals surface area contributed by atoms with Crippen LogP contribution in [0.1, 0.15) is 28.8 Å². The first-order valence-corrected chi connectivity index (χ1v) is 4.44. The molecular formula is C11H14O2. The molecule has 0 unspecified atom stereocenters. The molecule has 0 spiro atoms. The van der Waals surface area contributed by atoms with Gasteiger partial charge in [-0.05, 0) is 18.4 Å². The third-order valence-corrected chi connectivity index (χ3v) is 2.17. The zero-order valence-electron chi connectivity index (χ0n) is 7.79. The van der Waals surface area contributed by atoms with Crippen LogP contribution >= 0.6 is 0 Å². The summed E-state index contributed by atoms with van der Waals surface area (Å²) in [5, 5.41) is 7.00. The van der Waals surface area contributed by atoms with Gasteiger partial charge in [-0.2, -0.15) is 0 Å². The van der Waals surface area contributed by atoms with Crippen molar-refractivity contribution in [3.8, 4) is 0 Å². The Morgan fingerprint density at radius 1 is 1.15 bits per heavy atom. The largest absolute Gasteiger partial charge is 0.400 e. The topological polar surface area (TPSA) is 37.3 Å². The van der Waals surface area contributed by atoms with Gasteiger partial charge in [0.2, 0.25) is 0 Å². The van der Waals surface area contributed by atoms with E-state index in [4.69, 9.17) is 5.11 Å². The molecule has 2 rings (SSSR count). The fraction of sp³-hybridized carbons (Fsp3) is 0.364. The highest BCUT2D eigenvalue weighted by Crippen LogP contribution is 2.19. The number of hydrogen-bond donors (Lipinski definition) is 1. The Kier molecular flexibility index (Phi) is 3.65. The van der Waals surface area contributed by atoms with Crippen LogP contribution in [-0.4, -0.2) is 18.0 Å². The number of aliphatic hydroxyl groups is 1. The molecule has 1 aromatic carbocycles. The molecule has 0 heterocycles. The minimum Gasteiger partial charge on any atom is -0.400 e. The quantitative estimate of drug-likeness (QED) is 0.658. The minimum atomic E-state index is 0.312. The number of carbonyl (C=O) groups excluding carboxylic acids is 1. The van der Waals surface area contributed by atoms with E-state index in [1.807, 2.05) is 24.3 Å². The molecular weight excluding hydrogens is 164 g/mol. The molecule has 1 aliphatic carbocycles. The second kappa shape index (κ2) is 4.77. The van der Waals surface area contributed by atoms with Crippen molar-refractivity contribution in [2.45, 2.75) is 19.3 Å². The molecule has 0 bridgehead atoms.